The zero-order chi connectivity index (χ0) is 21.2. The van der Waals surface area contributed by atoms with Gasteiger partial charge in [-0.25, -0.2) is 14.4 Å². The second-order valence-electron chi connectivity index (χ2n) is 6.75. The number of thiazole rings is 1. The summed E-state index contributed by atoms with van der Waals surface area (Å²) in [6.45, 7) is 0.212. The zero-order valence-electron chi connectivity index (χ0n) is 16.1. The highest BCUT2D eigenvalue weighted by Crippen LogP contribution is 2.36. The average molecular weight is 437 g/mol. The monoisotopic (exact) mass is 437 g/mol. The molecule has 0 radical (unpaired) electrons. The summed E-state index contributed by atoms with van der Waals surface area (Å²) < 4.78 is 30.1. The van der Waals surface area contributed by atoms with Crippen LogP contribution in [-0.4, -0.2) is 22.7 Å². The smallest absolute Gasteiger partial charge is 0.231 e. The first kappa shape index (κ1) is 19.3. The fraction of sp³-hybridized carbons (Fsp3) is 0.136. The van der Waals surface area contributed by atoms with Crippen molar-refractivity contribution in [1.29, 1.82) is 0 Å². The predicted molar refractivity (Wildman–Crippen MR) is 113 cm³/mol. The van der Waals surface area contributed by atoms with E-state index < -0.39 is 0 Å². The molecule has 0 saturated heterocycles. The number of aromatic nitrogens is 2. The van der Waals surface area contributed by atoms with Crippen molar-refractivity contribution < 1.29 is 23.1 Å². The van der Waals surface area contributed by atoms with Crippen molar-refractivity contribution in [3.8, 4) is 34.1 Å². The summed E-state index contributed by atoms with van der Waals surface area (Å²) in [4.78, 5) is 20.9. The van der Waals surface area contributed by atoms with Gasteiger partial charge in [-0.05, 0) is 30.3 Å². The van der Waals surface area contributed by atoms with Crippen molar-refractivity contribution in [2.75, 3.05) is 12.1 Å². The third-order valence-electron chi connectivity index (χ3n) is 4.68. The van der Waals surface area contributed by atoms with Crippen LogP contribution in [0.5, 0.6) is 11.5 Å². The molecule has 2 aromatic heterocycles. The molecule has 0 unspecified atom stereocenters. The molecule has 1 aliphatic rings. The van der Waals surface area contributed by atoms with Gasteiger partial charge in [0.1, 0.15) is 5.82 Å². The minimum atomic E-state index is -0.384. The van der Waals surface area contributed by atoms with Crippen molar-refractivity contribution in [1.82, 2.24) is 9.97 Å². The summed E-state index contributed by atoms with van der Waals surface area (Å²) in [5, 5.41) is 5.15. The van der Waals surface area contributed by atoms with E-state index in [1.165, 1.54) is 23.6 Å². The number of aryl methyl sites for hydroxylation is 1. The van der Waals surface area contributed by atoms with Crippen molar-refractivity contribution in [2.45, 2.75) is 12.8 Å². The number of oxazole rings is 1. The van der Waals surface area contributed by atoms with Crippen molar-refractivity contribution in [3.05, 3.63) is 65.7 Å². The molecule has 1 aliphatic heterocycles. The Morgan fingerprint density at radius 3 is 2.94 bits per heavy atom. The van der Waals surface area contributed by atoms with Crippen LogP contribution in [0.15, 0.2) is 58.5 Å². The van der Waals surface area contributed by atoms with Gasteiger partial charge in [-0.1, -0.05) is 12.1 Å². The average Bonchev–Trinajstić information content (AvgIpc) is 3.53. The van der Waals surface area contributed by atoms with E-state index in [4.69, 9.17) is 13.9 Å². The fourth-order valence-electron chi connectivity index (χ4n) is 3.13. The Hall–Kier alpha value is -3.72. The van der Waals surface area contributed by atoms with Crippen LogP contribution in [0.1, 0.15) is 12.3 Å². The zero-order valence-corrected chi connectivity index (χ0v) is 16.9. The summed E-state index contributed by atoms with van der Waals surface area (Å²) in [6, 6.07) is 11.9. The van der Waals surface area contributed by atoms with Crippen LogP contribution in [0.3, 0.4) is 0 Å². The molecule has 4 aromatic rings. The highest BCUT2D eigenvalue weighted by molar-refractivity contribution is 7.14. The second-order valence-corrected chi connectivity index (χ2v) is 7.61. The van der Waals surface area contributed by atoms with E-state index in [-0.39, 0.29) is 24.9 Å². The summed E-state index contributed by atoms with van der Waals surface area (Å²) in [5.41, 5.74) is 1.95. The molecule has 3 heterocycles. The van der Waals surface area contributed by atoms with Gasteiger partial charge in [-0.2, -0.15) is 0 Å². The maximum absolute atomic E-state index is 13.9. The number of hydrogen-bond acceptors (Lipinski definition) is 7. The Morgan fingerprint density at radius 2 is 2.03 bits per heavy atom. The molecule has 0 aliphatic carbocycles. The third kappa shape index (κ3) is 4.13. The molecule has 9 heteroatoms. The number of ether oxygens (including phenoxy) is 2. The highest BCUT2D eigenvalue weighted by Gasteiger charge is 2.16. The number of nitrogens with one attached hydrogen (secondary N) is 1. The number of carbonyl (C=O) groups is 1. The van der Waals surface area contributed by atoms with Crippen LogP contribution in [0.25, 0.3) is 22.6 Å². The first-order valence-electron chi connectivity index (χ1n) is 9.51. The summed E-state index contributed by atoms with van der Waals surface area (Å²) >= 11 is 1.33. The maximum Gasteiger partial charge on any atom is 0.231 e. The predicted octanol–water partition coefficient (Wildman–Crippen LogP) is 4.90. The van der Waals surface area contributed by atoms with Gasteiger partial charge < -0.3 is 19.2 Å². The van der Waals surface area contributed by atoms with E-state index >= 15 is 0 Å². The molecule has 31 heavy (non-hydrogen) atoms. The Bertz CT molecular complexity index is 1250. The lowest BCUT2D eigenvalue weighted by Crippen LogP contribution is -2.12. The molecule has 7 nitrogen and oxygen atoms in total. The molecule has 1 N–H and O–H groups in total. The summed E-state index contributed by atoms with van der Waals surface area (Å²) in [5.74, 6) is 1.49. The largest absolute Gasteiger partial charge is 0.454 e. The van der Waals surface area contributed by atoms with Crippen molar-refractivity contribution in [3.63, 3.8) is 0 Å². The van der Waals surface area contributed by atoms with Gasteiger partial charge in [0.15, 0.2) is 28.3 Å². The molecule has 2 aromatic carbocycles. The lowest BCUT2D eigenvalue weighted by Gasteiger charge is -2.01. The van der Waals surface area contributed by atoms with Gasteiger partial charge in [0.25, 0.3) is 0 Å². The molecule has 0 fully saturated rings. The number of carbonyl (C=O) groups excluding carboxylic acids is 1. The molecule has 5 rings (SSSR count). The number of anilines is 1. The minimum absolute atomic E-state index is 0.163. The maximum atomic E-state index is 13.9. The SMILES string of the molecule is O=C(CCc1ncc(-c2ccccc2F)o1)Nc1nc(-c2ccc3c(c2)OCO3)cs1. The molecule has 0 spiro atoms. The van der Waals surface area contributed by atoms with Crippen LogP contribution in [0.4, 0.5) is 9.52 Å². The van der Waals surface area contributed by atoms with Crippen LogP contribution in [0, 0.1) is 5.82 Å². The van der Waals surface area contributed by atoms with E-state index in [1.807, 2.05) is 23.6 Å². The normalized spacial score (nSPS) is 12.2. The van der Waals surface area contributed by atoms with Crippen LogP contribution < -0.4 is 14.8 Å². The van der Waals surface area contributed by atoms with Crippen LogP contribution >= 0.6 is 11.3 Å². The molecule has 156 valence electrons. The lowest BCUT2D eigenvalue weighted by molar-refractivity contribution is -0.116. The van der Waals surface area contributed by atoms with Crippen LogP contribution in [0.2, 0.25) is 0 Å². The Labute approximate surface area is 180 Å². The fourth-order valence-corrected chi connectivity index (χ4v) is 3.87. The van der Waals surface area contributed by atoms with E-state index in [2.05, 4.69) is 15.3 Å². The molecule has 1 amide bonds. The van der Waals surface area contributed by atoms with Crippen molar-refractivity contribution >= 4 is 22.4 Å². The number of benzene rings is 2. The van der Waals surface area contributed by atoms with E-state index in [1.54, 1.807) is 18.2 Å². The molecular weight excluding hydrogens is 421 g/mol. The van der Waals surface area contributed by atoms with Gasteiger partial charge in [-0.15, -0.1) is 11.3 Å². The standard InChI is InChI=1S/C22H16FN3O4S/c23-15-4-2-1-3-14(15)19-10-24-21(30-19)8-7-20(27)26-22-25-16(11-31-22)13-5-6-17-18(9-13)29-12-28-17/h1-6,9-11H,7-8,12H2,(H,25,26,27). The van der Waals surface area contributed by atoms with Crippen molar-refractivity contribution in [2.24, 2.45) is 0 Å². The highest BCUT2D eigenvalue weighted by atomic mass is 32.1. The van der Waals surface area contributed by atoms with Gasteiger partial charge in [0.2, 0.25) is 12.7 Å². The summed E-state index contributed by atoms with van der Waals surface area (Å²) in [6.07, 6.45) is 1.92. The van der Waals surface area contributed by atoms with E-state index in [0.29, 0.717) is 40.3 Å². The number of amides is 1. The van der Waals surface area contributed by atoms with Gasteiger partial charge >= 0.3 is 0 Å². The molecular formula is C22H16FN3O4S. The first-order valence-corrected chi connectivity index (χ1v) is 10.4. The number of nitrogens with zero attached hydrogens (tertiary/aromatic N) is 2. The Kier molecular flexibility index (Phi) is 5.09. The number of halogens is 1. The molecule has 0 saturated carbocycles. The minimum Gasteiger partial charge on any atom is -0.454 e. The third-order valence-corrected chi connectivity index (χ3v) is 5.44. The Morgan fingerprint density at radius 1 is 1.16 bits per heavy atom. The van der Waals surface area contributed by atoms with E-state index in [0.717, 1.165) is 11.3 Å². The first-order chi connectivity index (χ1) is 15.2. The topological polar surface area (TPSA) is 86.5 Å². The Balaban J connectivity index is 1.19. The molecule has 0 bridgehead atoms. The van der Waals surface area contributed by atoms with Gasteiger partial charge in [-0.3, -0.25) is 4.79 Å². The summed E-state index contributed by atoms with van der Waals surface area (Å²) in [7, 11) is 0. The lowest BCUT2D eigenvalue weighted by atomic mass is 10.1. The number of hydrogen-bond donors (Lipinski definition) is 1. The number of rotatable bonds is 6. The van der Waals surface area contributed by atoms with E-state index in [9.17, 15) is 9.18 Å². The van der Waals surface area contributed by atoms with Crippen LogP contribution in [-0.2, 0) is 11.2 Å². The number of fused-ring (bicyclic) bond motifs is 1. The van der Waals surface area contributed by atoms with Gasteiger partial charge in [0, 0.05) is 23.8 Å². The molecule has 0 atom stereocenters. The van der Waals surface area contributed by atoms with Gasteiger partial charge in [0.05, 0.1) is 17.5 Å². The second kappa shape index (κ2) is 8.19. The quantitative estimate of drug-likeness (QED) is 0.462.